The summed E-state index contributed by atoms with van der Waals surface area (Å²) < 4.78 is 3.86. The van der Waals surface area contributed by atoms with Crippen molar-refractivity contribution in [2.75, 3.05) is 13.1 Å². The molecule has 26 heavy (non-hydrogen) atoms. The van der Waals surface area contributed by atoms with Crippen LogP contribution in [0.2, 0.25) is 0 Å². The number of fused-ring (bicyclic) bond motifs is 1. The van der Waals surface area contributed by atoms with Crippen molar-refractivity contribution >= 4 is 0 Å². The predicted molar refractivity (Wildman–Crippen MR) is 99.5 cm³/mol. The summed E-state index contributed by atoms with van der Waals surface area (Å²) in [6.07, 6.45) is 5.02. The molecule has 1 N–H and O–H groups in total. The highest BCUT2D eigenvalue weighted by molar-refractivity contribution is 5.19. The molecule has 0 amide bonds. The monoisotopic (exact) mass is 351 g/mol. The van der Waals surface area contributed by atoms with Crippen molar-refractivity contribution in [2.45, 2.75) is 32.0 Å². The van der Waals surface area contributed by atoms with Gasteiger partial charge in [0.25, 0.3) is 0 Å². The van der Waals surface area contributed by atoms with Gasteiger partial charge in [0.05, 0.1) is 17.9 Å². The number of imidazole rings is 1. The van der Waals surface area contributed by atoms with E-state index in [1.165, 1.54) is 11.3 Å². The van der Waals surface area contributed by atoms with E-state index in [9.17, 15) is 5.11 Å². The van der Waals surface area contributed by atoms with Gasteiger partial charge in [0.2, 0.25) is 0 Å². The van der Waals surface area contributed by atoms with Crippen LogP contribution in [0.25, 0.3) is 0 Å². The maximum atomic E-state index is 10.6. The van der Waals surface area contributed by atoms with Crippen LogP contribution in [-0.4, -0.2) is 42.4 Å². The molecule has 0 spiro atoms. The van der Waals surface area contributed by atoms with Gasteiger partial charge in [-0.25, -0.2) is 4.98 Å². The highest BCUT2D eigenvalue weighted by Crippen LogP contribution is 2.22. The van der Waals surface area contributed by atoms with Gasteiger partial charge in [-0.05, 0) is 31.0 Å². The van der Waals surface area contributed by atoms with Crippen molar-refractivity contribution in [1.29, 1.82) is 0 Å². The molecule has 2 aromatic heterocycles. The molecule has 1 aliphatic heterocycles. The summed E-state index contributed by atoms with van der Waals surface area (Å²) in [5.41, 5.74) is 3.25. The molecule has 3 heterocycles. The van der Waals surface area contributed by atoms with E-state index >= 15 is 0 Å². The molecular formula is C20H25N5O. The molecule has 1 atom stereocenters. The first-order valence-electron chi connectivity index (χ1n) is 9.19. The minimum absolute atomic E-state index is 0.625. The normalized spacial score (nSPS) is 15.8. The second kappa shape index (κ2) is 7.43. The fourth-order valence-electron chi connectivity index (χ4n) is 3.59. The first kappa shape index (κ1) is 17.0. The summed E-state index contributed by atoms with van der Waals surface area (Å²) >= 11 is 0. The van der Waals surface area contributed by atoms with E-state index < -0.39 is 6.10 Å². The van der Waals surface area contributed by atoms with E-state index in [1.54, 1.807) is 6.20 Å². The topological polar surface area (TPSA) is 59.1 Å². The fourth-order valence-corrected chi connectivity index (χ4v) is 3.59. The molecule has 1 aromatic carbocycles. The summed E-state index contributed by atoms with van der Waals surface area (Å²) in [5, 5.41) is 15.2. The molecule has 136 valence electrons. The molecule has 0 unspecified atom stereocenters. The number of rotatable bonds is 6. The van der Waals surface area contributed by atoms with Crippen LogP contribution < -0.4 is 0 Å². The summed E-state index contributed by atoms with van der Waals surface area (Å²) in [5.74, 6) is 0.625. The van der Waals surface area contributed by atoms with Crippen LogP contribution in [0.4, 0.5) is 0 Å². The number of aryl methyl sites for hydroxylation is 2. The Morgan fingerprint density at radius 1 is 1.19 bits per heavy atom. The third kappa shape index (κ3) is 3.57. The number of hydrogen-bond acceptors (Lipinski definition) is 4. The lowest BCUT2D eigenvalue weighted by Gasteiger charge is -2.27. The van der Waals surface area contributed by atoms with Crippen LogP contribution in [-0.2, 0) is 26.6 Å². The van der Waals surface area contributed by atoms with E-state index in [1.807, 2.05) is 28.6 Å². The van der Waals surface area contributed by atoms with Crippen LogP contribution in [0, 0.1) is 0 Å². The number of aromatic nitrogens is 4. The largest absolute Gasteiger partial charge is 0.379 e. The minimum atomic E-state index is -0.778. The van der Waals surface area contributed by atoms with E-state index in [-0.39, 0.29) is 0 Å². The molecule has 0 fully saturated rings. The van der Waals surface area contributed by atoms with Crippen molar-refractivity contribution in [3.05, 3.63) is 71.6 Å². The Bertz CT molecular complexity index is 854. The maximum absolute atomic E-state index is 10.6. The number of hydrogen-bond donors (Lipinski definition) is 1. The van der Waals surface area contributed by atoms with Crippen molar-refractivity contribution in [2.24, 2.45) is 7.05 Å². The lowest BCUT2D eigenvalue weighted by atomic mass is 10.1. The molecular weight excluding hydrogens is 326 g/mol. The fraction of sp³-hybridized carbons (Fsp3) is 0.400. The lowest BCUT2D eigenvalue weighted by molar-refractivity contribution is 0.196. The second-order valence-corrected chi connectivity index (χ2v) is 6.95. The van der Waals surface area contributed by atoms with Crippen molar-refractivity contribution in [3.8, 4) is 0 Å². The number of nitrogens with zero attached hydrogens (tertiary/aromatic N) is 5. The van der Waals surface area contributed by atoms with E-state index in [2.05, 4.69) is 45.3 Å². The standard InChI is InChI=1S/C20H25N5O/c1-23-11-9-21-20(23)19(26)18-14-17-15-24(12-13-25(17)22-18)10-5-8-16-6-3-2-4-7-16/h2-4,6-7,9,11,14,19,26H,5,8,10,12-13,15H2,1H3/t19-/m0/s1. The van der Waals surface area contributed by atoms with E-state index in [0.29, 0.717) is 11.5 Å². The zero-order valence-electron chi connectivity index (χ0n) is 15.1. The summed E-state index contributed by atoms with van der Waals surface area (Å²) in [6.45, 7) is 3.84. The Morgan fingerprint density at radius 2 is 2.04 bits per heavy atom. The summed E-state index contributed by atoms with van der Waals surface area (Å²) in [6, 6.07) is 12.7. The zero-order chi connectivity index (χ0) is 17.9. The smallest absolute Gasteiger partial charge is 0.155 e. The van der Waals surface area contributed by atoms with Crippen LogP contribution in [0.15, 0.2) is 48.8 Å². The van der Waals surface area contributed by atoms with Crippen LogP contribution in [0.1, 0.15) is 35.3 Å². The quantitative estimate of drug-likeness (QED) is 0.739. The first-order chi connectivity index (χ1) is 12.7. The van der Waals surface area contributed by atoms with E-state index in [0.717, 1.165) is 39.0 Å². The Balaban J connectivity index is 1.37. The van der Waals surface area contributed by atoms with E-state index in [4.69, 9.17) is 0 Å². The third-order valence-corrected chi connectivity index (χ3v) is 5.06. The van der Waals surface area contributed by atoms with Gasteiger partial charge in [-0.1, -0.05) is 30.3 Å². The molecule has 0 bridgehead atoms. The Labute approximate surface area is 153 Å². The summed E-state index contributed by atoms with van der Waals surface area (Å²) in [7, 11) is 1.88. The van der Waals surface area contributed by atoms with Gasteiger partial charge >= 0.3 is 0 Å². The van der Waals surface area contributed by atoms with Gasteiger partial charge in [0, 0.05) is 32.5 Å². The molecule has 0 radical (unpaired) electrons. The van der Waals surface area contributed by atoms with Gasteiger partial charge in [0.15, 0.2) is 6.10 Å². The lowest BCUT2D eigenvalue weighted by Crippen LogP contribution is -2.34. The van der Waals surface area contributed by atoms with Crippen LogP contribution in [0.5, 0.6) is 0 Å². The average Bonchev–Trinajstić information content (AvgIpc) is 3.28. The molecule has 0 saturated carbocycles. The summed E-state index contributed by atoms with van der Waals surface area (Å²) in [4.78, 5) is 6.70. The number of aliphatic hydroxyl groups is 1. The zero-order valence-corrected chi connectivity index (χ0v) is 15.1. The van der Waals surface area contributed by atoms with Gasteiger partial charge in [-0.15, -0.1) is 0 Å². The highest BCUT2D eigenvalue weighted by Gasteiger charge is 2.23. The molecule has 4 rings (SSSR count). The first-order valence-corrected chi connectivity index (χ1v) is 9.19. The number of aliphatic hydroxyl groups excluding tert-OH is 1. The minimum Gasteiger partial charge on any atom is -0.379 e. The maximum Gasteiger partial charge on any atom is 0.155 e. The molecule has 3 aromatic rings. The Kier molecular flexibility index (Phi) is 4.86. The Hall–Kier alpha value is -2.44. The third-order valence-electron chi connectivity index (χ3n) is 5.06. The predicted octanol–water partition coefficient (Wildman–Crippen LogP) is 2.15. The van der Waals surface area contributed by atoms with Crippen LogP contribution >= 0.6 is 0 Å². The molecule has 6 nitrogen and oxygen atoms in total. The Morgan fingerprint density at radius 3 is 2.81 bits per heavy atom. The van der Waals surface area contributed by atoms with Gasteiger partial charge in [-0.2, -0.15) is 5.10 Å². The average molecular weight is 351 g/mol. The van der Waals surface area contributed by atoms with Crippen molar-refractivity contribution in [1.82, 2.24) is 24.2 Å². The molecule has 1 aliphatic rings. The van der Waals surface area contributed by atoms with Gasteiger partial charge in [-0.3, -0.25) is 9.58 Å². The highest BCUT2D eigenvalue weighted by atomic mass is 16.3. The second-order valence-electron chi connectivity index (χ2n) is 6.95. The SMILES string of the molecule is Cn1ccnc1[C@@H](O)c1cc2n(n1)CCN(CCCc1ccccc1)C2. The molecule has 0 saturated heterocycles. The molecule has 0 aliphatic carbocycles. The van der Waals surface area contributed by atoms with Crippen molar-refractivity contribution < 1.29 is 5.11 Å². The number of benzene rings is 1. The van der Waals surface area contributed by atoms with Gasteiger partial charge in [0.1, 0.15) is 5.82 Å². The molecule has 6 heteroatoms. The van der Waals surface area contributed by atoms with Crippen LogP contribution in [0.3, 0.4) is 0 Å². The van der Waals surface area contributed by atoms with Gasteiger partial charge < -0.3 is 9.67 Å². The van der Waals surface area contributed by atoms with Crippen molar-refractivity contribution in [3.63, 3.8) is 0 Å².